The molecule has 0 aliphatic carbocycles. The Morgan fingerprint density at radius 2 is 0.574 bits per heavy atom. The number of furan rings is 1. The van der Waals surface area contributed by atoms with Crippen molar-refractivity contribution in [3.8, 4) is 78.7 Å². The Kier molecular flexibility index (Phi) is 8.13. The van der Waals surface area contributed by atoms with Crippen LogP contribution >= 0.6 is 0 Å². The molecule has 0 saturated heterocycles. The van der Waals surface area contributed by atoms with E-state index in [-0.39, 0.29) is 0 Å². The maximum atomic E-state index is 6.28. The molecule has 0 amide bonds. The van der Waals surface area contributed by atoms with E-state index in [2.05, 4.69) is 152 Å². The average molecular weight is 778 g/mol. The van der Waals surface area contributed by atoms with Crippen molar-refractivity contribution >= 4 is 43.5 Å². The molecule has 284 valence electrons. The van der Waals surface area contributed by atoms with Gasteiger partial charge in [-0.05, 0) is 109 Å². The first-order valence-corrected chi connectivity index (χ1v) is 20.6. The summed E-state index contributed by atoms with van der Waals surface area (Å²) in [5.74, 6) is 1.93. The molecule has 12 rings (SSSR count). The van der Waals surface area contributed by atoms with Gasteiger partial charge in [-0.2, -0.15) is 0 Å². The van der Waals surface area contributed by atoms with Crippen LogP contribution in [0.5, 0.6) is 0 Å². The van der Waals surface area contributed by atoms with Crippen LogP contribution in [0, 0.1) is 0 Å². The van der Waals surface area contributed by atoms with Crippen LogP contribution in [-0.4, -0.2) is 15.0 Å². The van der Waals surface area contributed by atoms with E-state index >= 15 is 0 Å². The zero-order valence-corrected chi connectivity index (χ0v) is 33.0. The highest BCUT2D eigenvalue weighted by Gasteiger charge is 2.18. The van der Waals surface area contributed by atoms with Crippen LogP contribution in [0.3, 0.4) is 0 Å². The minimum absolute atomic E-state index is 0.637. The van der Waals surface area contributed by atoms with Crippen molar-refractivity contribution in [2.24, 2.45) is 0 Å². The Morgan fingerprint density at radius 3 is 1.03 bits per heavy atom. The zero-order valence-electron chi connectivity index (χ0n) is 33.0. The van der Waals surface area contributed by atoms with Gasteiger partial charge in [0, 0.05) is 27.5 Å². The molecule has 2 aromatic heterocycles. The van der Waals surface area contributed by atoms with Gasteiger partial charge in [-0.25, -0.2) is 15.0 Å². The van der Waals surface area contributed by atoms with Crippen LogP contribution < -0.4 is 0 Å². The second-order valence-electron chi connectivity index (χ2n) is 15.6. The fraction of sp³-hybridized carbons (Fsp3) is 0. The maximum Gasteiger partial charge on any atom is 0.164 e. The molecule has 0 fully saturated rings. The number of fused-ring (bicyclic) bond motifs is 3. The molecule has 0 N–H and O–H groups in total. The van der Waals surface area contributed by atoms with Gasteiger partial charge in [0.2, 0.25) is 0 Å². The summed E-state index contributed by atoms with van der Waals surface area (Å²) in [6.07, 6.45) is 0. The molecule has 10 aromatic carbocycles. The van der Waals surface area contributed by atoms with E-state index in [9.17, 15) is 0 Å². The second kappa shape index (κ2) is 14.3. The molecule has 0 aliphatic heterocycles. The van der Waals surface area contributed by atoms with E-state index < -0.39 is 0 Å². The van der Waals surface area contributed by atoms with Crippen molar-refractivity contribution in [1.29, 1.82) is 0 Å². The number of aromatic nitrogens is 3. The normalized spacial score (nSPS) is 11.6. The van der Waals surface area contributed by atoms with Gasteiger partial charge in [0.25, 0.3) is 0 Å². The third-order valence-corrected chi connectivity index (χ3v) is 11.9. The molecule has 4 nitrogen and oxygen atoms in total. The van der Waals surface area contributed by atoms with Crippen LogP contribution in [0.15, 0.2) is 217 Å². The highest BCUT2D eigenvalue weighted by Crippen LogP contribution is 2.43. The van der Waals surface area contributed by atoms with Crippen molar-refractivity contribution in [2.45, 2.75) is 0 Å². The Balaban J connectivity index is 0.878. The summed E-state index contributed by atoms with van der Waals surface area (Å²) in [7, 11) is 0. The van der Waals surface area contributed by atoms with Gasteiger partial charge in [0.05, 0.1) is 0 Å². The van der Waals surface area contributed by atoms with Gasteiger partial charge in [-0.3, -0.25) is 0 Å². The van der Waals surface area contributed by atoms with Crippen LogP contribution in [0.4, 0.5) is 0 Å². The Morgan fingerprint density at radius 1 is 0.230 bits per heavy atom. The molecule has 12 aromatic rings. The zero-order chi connectivity index (χ0) is 40.3. The first-order chi connectivity index (χ1) is 30.2. The van der Waals surface area contributed by atoms with Crippen molar-refractivity contribution in [3.63, 3.8) is 0 Å². The third-order valence-electron chi connectivity index (χ3n) is 11.9. The number of rotatable bonds is 7. The van der Waals surface area contributed by atoms with Gasteiger partial charge in [0.15, 0.2) is 17.5 Å². The SMILES string of the molecule is c1ccc(-c2nc(-c3ccccc3)nc(-c3cccc(-c4cccc(-c5cccc(-c6cccc(-c7ccc8c(c7)c7cccc9oc%10cccc8c%10c97)c6)c5)c4)c3)n2)cc1. The largest absolute Gasteiger partial charge is 0.456 e. The molecule has 4 heteroatoms. The summed E-state index contributed by atoms with van der Waals surface area (Å²) in [6, 6.07) is 74.8. The molecule has 0 bridgehead atoms. The summed E-state index contributed by atoms with van der Waals surface area (Å²) in [5.41, 5.74) is 13.9. The van der Waals surface area contributed by atoms with Crippen LogP contribution in [-0.2, 0) is 0 Å². The van der Waals surface area contributed by atoms with Crippen LogP contribution in [0.25, 0.3) is 122 Å². The van der Waals surface area contributed by atoms with E-state index in [0.29, 0.717) is 17.5 Å². The number of nitrogens with zero attached hydrogens (tertiary/aromatic N) is 3. The van der Waals surface area contributed by atoms with Crippen molar-refractivity contribution in [3.05, 3.63) is 212 Å². The summed E-state index contributed by atoms with van der Waals surface area (Å²) >= 11 is 0. The number of hydrogen-bond donors (Lipinski definition) is 0. The lowest BCUT2D eigenvalue weighted by molar-refractivity contribution is 0.669. The molecule has 2 heterocycles. The maximum absolute atomic E-state index is 6.28. The Bertz CT molecular complexity index is 3530. The predicted molar refractivity (Wildman–Crippen MR) is 251 cm³/mol. The van der Waals surface area contributed by atoms with Crippen LogP contribution in [0.2, 0.25) is 0 Å². The van der Waals surface area contributed by atoms with Gasteiger partial charge < -0.3 is 4.42 Å². The molecule has 0 unspecified atom stereocenters. The molecule has 0 saturated carbocycles. The van der Waals surface area contributed by atoms with Crippen LogP contribution in [0.1, 0.15) is 0 Å². The molecule has 0 aliphatic rings. The van der Waals surface area contributed by atoms with Gasteiger partial charge in [-0.15, -0.1) is 0 Å². The average Bonchev–Trinajstić information content (AvgIpc) is 3.74. The lowest BCUT2D eigenvalue weighted by Crippen LogP contribution is -2.00. The van der Waals surface area contributed by atoms with E-state index in [0.717, 1.165) is 50.1 Å². The van der Waals surface area contributed by atoms with Gasteiger partial charge in [-0.1, -0.05) is 170 Å². The fourth-order valence-electron chi connectivity index (χ4n) is 8.91. The Labute approximate surface area is 352 Å². The molecule has 0 atom stereocenters. The minimum atomic E-state index is 0.637. The quantitative estimate of drug-likeness (QED) is 0.151. The van der Waals surface area contributed by atoms with E-state index in [1.54, 1.807) is 0 Å². The van der Waals surface area contributed by atoms with Crippen molar-refractivity contribution in [2.75, 3.05) is 0 Å². The lowest BCUT2D eigenvalue weighted by Gasteiger charge is -2.12. The molecular weight excluding hydrogens is 743 g/mol. The topological polar surface area (TPSA) is 51.8 Å². The fourth-order valence-corrected chi connectivity index (χ4v) is 8.91. The van der Waals surface area contributed by atoms with E-state index in [4.69, 9.17) is 19.4 Å². The van der Waals surface area contributed by atoms with Crippen molar-refractivity contribution < 1.29 is 4.42 Å². The number of benzene rings is 10. The monoisotopic (exact) mass is 777 g/mol. The first kappa shape index (κ1) is 34.8. The smallest absolute Gasteiger partial charge is 0.164 e. The Hall–Kier alpha value is -8.21. The van der Waals surface area contributed by atoms with E-state index in [1.165, 1.54) is 54.6 Å². The lowest BCUT2D eigenvalue weighted by atomic mass is 9.91. The third kappa shape index (κ3) is 6.12. The summed E-state index contributed by atoms with van der Waals surface area (Å²) < 4.78 is 6.28. The number of hydrogen-bond acceptors (Lipinski definition) is 4. The molecular formula is C57H35N3O. The molecule has 0 radical (unpaired) electrons. The second-order valence-corrected chi connectivity index (χ2v) is 15.6. The van der Waals surface area contributed by atoms with Gasteiger partial charge >= 0.3 is 0 Å². The van der Waals surface area contributed by atoms with E-state index in [1.807, 2.05) is 60.7 Å². The van der Waals surface area contributed by atoms with Gasteiger partial charge in [0.1, 0.15) is 11.2 Å². The first-order valence-electron chi connectivity index (χ1n) is 20.6. The summed E-state index contributed by atoms with van der Waals surface area (Å²) in [5, 5.41) is 7.36. The van der Waals surface area contributed by atoms with Crippen molar-refractivity contribution in [1.82, 2.24) is 15.0 Å². The predicted octanol–water partition coefficient (Wildman–Crippen LogP) is 15.2. The standard InChI is InChI=1S/C57H35N3O/c1-3-13-36(14-4-1)55-58-56(37-15-5-2-6-16-37)60-57(59-55)46-24-10-23-44(34-46)42-21-8-19-40(32-42)38-17-7-18-39(31-38)41-20-9-22-43(33-41)45-29-30-47-48-25-11-27-51-53(48)54-49(50(47)35-45)26-12-28-52(54)61-51/h1-35H. The summed E-state index contributed by atoms with van der Waals surface area (Å²) in [6.45, 7) is 0. The minimum Gasteiger partial charge on any atom is -0.456 e. The highest BCUT2D eigenvalue weighted by molar-refractivity contribution is 6.33. The highest BCUT2D eigenvalue weighted by atomic mass is 16.3. The summed E-state index contributed by atoms with van der Waals surface area (Å²) in [4.78, 5) is 14.8. The molecule has 61 heavy (non-hydrogen) atoms. The molecule has 0 spiro atoms.